The summed E-state index contributed by atoms with van der Waals surface area (Å²) in [5.41, 5.74) is -1.37. The van der Waals surface area contributed by atoms with Crippen LogP contribution >= 0.6 is 0 Å². The van der Waals surface area contributed by atoms with Crippen LogP contribution in [0.4, 0.5) is 0 Å². The van der Waals surface area contributed by atoms with Gasteiger partial charge in [0, 0.05) is 0 Å². The average molecular weight is 209 g/mol. The summed E-state index contributed by atoms with van der Waals surface area (Å²) in [6.45, 7) is 5.50. The monoisotopic (exact) mass is 209 g/mol. The van der Waals surface area contributed by atoms with Crippen molar-refractivity contribution in [2.24, 2.45) is 5.41 Å². The Hall–Kier alpha value is -1.04. The minimum Gasteiger partial charge on any atom is -0.459 e. The first-order valence-electron chi connectivity index (χ1n) is 5.54. The quantitative estimate of drug-likeness (QED) is 0.624. The summed E-state index contributed by atoms with van der Waals surface area (Å²) >= 11 is 0. The molecular formula is C12H19NO2. The van der Waals surface area contributed by atoms with Crippen LogP contribution < -0.4 is 0 Å². The van der Waals surface area contributed by atoms with Crippen molar-refractivity contribution in [1.29, 1.82) is 5.26 Å². The molecule has 0 aromatic carbocycles. The Bertz CT molecular complexity index is 277. The first-order valence-corrected chi connectivity index (χ1v) is 5.54. The van der Waals surface area contributed by atoms with E-state index < -0.39 is 11.0 Å². The number of hydrogen-bond acceptors (Lipinski definition) is 3. The minimum atomic E-state index is -0.870. The molecule has 1 aliphatic carbocycles. The van der Waals surface area contributed by atoms with Gasteiger partial charge in [0.15, 0.2) is 5.41 Å². The summed E-state index contributed by atoms with van der Waals surface area (Å²) in [7, 11) is 0. The smallest absolute Gasteiger partial charge is 0.327 e. The van der Waals surface area contributed by atoms with E-state index in [-0.39, 0.29) is 5.97 Å². The molecule has 0 aromatic rings. The van der Waals surface area contributed by atoms with Gasteiger partial charge in [-0.05, 0) is 33.6 Å². The number of esters is 1. The third-order valence-corrected chi connectivity index (χ3v) is 2.71. The van der Waals surface area contributed by atoms with Crippen molar-refractivity contribution in [2.75, 3.05) is 0 Å². The topological polar surface area (TPSA) is 50.1 Å². The number of nitrogens with zero attached hydrogens (tertiary/aromatic N) is 1. The number of carbonyl (C=O) groups excluding carboxylic acids is 1. The fraction of sp³-hybridized carbons (Fsp3) is 0.833. The zero-order valence-corrected chi connectivity index (χ0v) is 9.80. The molecule has 0 bridgehead atoms. The number of carbonyl (C=O) groups is 1. The maximum Gasteiger partial charge on any atom is 0.327 e. The SMILES string of the molecule is CC(C)(C)OC(=O)C1(C#N)CCCCC1. The minimum absolute atomic E-state index is 0.336. The highest BCUT2D eigenvalue weighted by atomic mass is 16.6. The van der Waals surface area contributed by atoms with Gasteiger partial charge in [0.25, 0.3) is 0 Å². The van der Waals surface area contributed by atoms with Crippen molar-refractivity contribution < 1.29 is 9.53 Å². The highest BCUT2D eigenvalue weighted by molar-refractivity contribution is 5.80. The molecule has 0 atom stereocenters. The molecule has 0 unspecified atom stereocenters. The van der Waals surface area contributed by atoms with Crippen LogP contribution in [0.3, 0.4) is 0 Å². The molecule has 1 rings (SSSR count). The Labute approximate surface area is 91.4 Å². The lowest BCUT2D eigenvalue weighted by molar-refractivity contribution is -0.165. The zero-order valence-electron chi connectivity index (χ0n) is 9.80. The predicted molar refractivity (Wildman–Crippen MR) is 57.0 cm³/mol. The Morgan fingerprint density at radius 3 is 2.20 bits per heavy atom. The molecule has 0 aliphatic heterocycles. The van der Waals surface area contributed by atoms with E-state index in [1.807, 2.05) is 20.8 Å². The van der Waals surface area contributed by atoms with Gasteiger partial charge in [-0.3, -0.25) is 4.79 Å². The van der Waals surface area contributed by atoms with Crippen LogP contribution in [0.5, 0.6) is 0 Å². The first kappa shape index (κ1) is 12.0. The second kappa shape index (κ2) is 4.22. The van der Waals surface area contributed by atoms with Crippen molar-refractivity contribution in [3.05, 3.63) is 0 Å². The Morgan fingerprint density at radius 2 is 1.80 bits per heavy atom. The Kier molecular flexibility index (Phi) is 3.38. The van der Waals surface area contributed by atoms with Crippen molar-refractivity contribution in [2.45, 2.75) is 58.5 Å². The lowest BCUT2D eigenvalue weighted by atomic mass is 9.75. The van der Waals surface area contributed by atoms with Crippen molar-refractivity contribution >= 4 is 5.97 Å². The third-order valence-electron chi connectivity index (χ3n) is 2.71. The molecule has 1 aliphatic rings. The highest BCUT2D eigenvalue weighted by Crippen LogP contribution is 2.37. The van der Waals surface area contributed by atoms with Gasteiger partial charge < -0.3 is 4.74 Å². The van der Waals surface area contributed by atoms with Crippen molar-refractivity contribution in [1.82, 2.24) is 0 Å². The molecule has 84 valence electrons. The lowest BCUT2D eigenvalue weighted by Crippen LogP contribution is -2.38. The third kappa shape index (κ3) is 2.95. The number of rotatable bonds is 1. The average Bonchev–Trinajstić information content (AvgIpc) is 2.16. The molecule has 0 spiro atoms. The predicted octanol–water partition coefficient (Wildman–Crippen LogP) is 2.80. The summed E-state index contributed by atoms with van der Waals surface area (Å²) in [6.07, 6.45) is 4.32. The van der Waals surface area contributed by atoms with Crippen LogP contribution in [0.1, 0.15) is 52.9 Å². The molecule has 1 fully saturated rings. The van der Waals surface area contributed by atoms with E-state index in [0.717, 1.165) is 19.3 Å². The maximum absolute atomic E-state index is 11.9. The van der Waals surface area contributed by atoms with Gasteiger partial charge in [0.05, 0.1) is 6.07 Å². The van der Waals surface area contributed by atoms with Gasteiger partial charge in [0.1, 0.15) is 5.60 Å². The second-order valence-corrected chi connectivity index (χ2v) is 5.26. The second-order valence-electron chi connectivity index (χ2n) is 5.26. The van der Waals surface area contributed by atoms with Crippen molar-refractivity contribution in [3.63, 3.8) is 0 Å². The lowest BCUT2D eigenvalue weighted by Gasteiger charge is -2.31. The summed E-state index contributed by atoms with van der Waals surface area (Å²) < 4.78 is 5.31. The van der Waals surface area contributed by atoms with Crippen LogP contribution in [0.2, 0.25) is 0 Å². The van der Waals surface area contributed by atoms with E-state index in [1.165, 1.54) is 0 Å². The van der Waals surface area contributed by atoms with Gasteiger partial charge in [-0.25, -0.2) is 0 Å². The fourth-order valence-electron chi connectivity index (χ4n) is 1.89. The molecule has 3 nitrogen and oxygen atoms in total. The van der Waals surface area contributed by atoms with Gasteiger partial charge in [-0.2, -0.15) is 5.26 Å². The van der Waals surface area contributed by atoms with E-state index in [4.69, 9.17) is 10.00 Å². The summed E-state index contributed by atoms with van der Waals surface area (Å²) in [5.74, 6) is -0.336. The van der Waals surface area contributed by atoms with Gasteiger partial charge >= 0.3 is 5.97 Å². The Morgan fingerprint density at radius 1 is 1.27 bits per heavy atom. The number of nitriles is 1. The van der Waals surface area contributed by atoms with Crippen LogP contribution in [0.15, 0.2) is 0 Å². The zero-order chi connectivity index (χ0) is 11.5. The number of hydrogen-bond donors (Lipinski definition) is 0. The highest BCUT2D eigenvalue weighted by Gasteiger charge is 2.42. The van der Waals surface area contributed by atoms with Crippen LogP contribution in [-0.2, 0) is 9.53 Å². The normalized spacial score (nSPS) is 20.4. The standard InChI is InChI=1S/C12H19NO2/c1-11(2,3)15-10(14)12(9-13)7-5-4-6-8-12/h4-8H2,1-3H3. The summed E-state index contributed by atoms with van der Waals surface area (Å²) in [6, 6.07) is 2.17. The molecule has 0 aromatic heterocycles. The van der Waals surface area contributed by atoms with Gasteiger partial charge in [-0.15, -0.1) is 0 Å². The van der Waals surface area contributed by atoms with E-state index in [2.05, 4.69) is 6.07 Å². The molecule has 15 heavy (non-hydrogen) atoms. The Balaban J connectivity index is 2.74. The summed E-state index contributed by atoms with van der Waals surface area (Å²) in [5, 5.41) is 9.16. The van der Waals surface area contributed by atoms with Gasteiger partial charge in [-0.1, -0.05) is 19.3 Å². The maximum atomic E-state index is 11.9. The van der Waals surface area contributed by atoms with Crippen LogP contribution in [-0.4, -0.2) is 11.6 Å². The fourth-order valence-corrected chi connectivity index (χ4v) is 1.89. The van der Waals surface area contributed by atoms with Crippen molar-refractivity contribution in [3.8, 4) is 6.07 Å². The van der Waals surface area contributed by atoms with E-state index in [0.29, 0.717) is 12.8 Å². The van der Waals surface area contributed by atoms with E-state index >= 15 is 0 Å². The molecule has 3 heteroatoms. The van der Waals surface area contributed by atoms with E-state index in [9.17, 15) is 4.79 Å². The van der Waals surface area contributed by atoms with Crippen LogP contribution in [0, 0.1) is 16.7 Å². The molecule has 1 saturated carbocycles. The largest absolute Gasteiger partial charge is 0.459 e. The first-order chi connectivity index (χ1) is 6.90. The molecule has 0 saturated heterocycles. The molecule has 0 N–H and O–H groups in total. The van der Waals surface area contributed by atoms with Crippen LogP contribution in [0.25, 0.3) is 0 Å². The van der Waals surface area contributed by atoms with E-state index in [1.54, 1.807) is 0 Å². The van der Waals surface area contributed by atoms with Gasteiger partial charge in [0.2, 0.25) is 0 Å². The molecular weight excluding hydrogens is 190 g/mol. The molecule has 0 amide bonds. The molecule has 0 radical (unpaired) electrons. The molecule has 0 heterocycles. The number of ether oxygens (including phenoxy) is 1. The summed E-state index contributed by atoms with van der Waals surface area (Å²) in [4.78, 5) is 11.9.